The van der Waals surface area contributed by atoms with Crippen LogP contribution in [-0.4, -0.2) is 193 Å². The molecular weight excluding hydrogens is 1080 g/mol. The van der Waals surface area contributed by atoms with E-state index < -0.39 is 124 Å². The van der Waals surface area contributed by atoms with Crippen molar-refractivity contribution in [1.29, 1.82) is 0 Å². The zero-order chi connectivity index (χ0) is 61.2. The number of hydrogen-bond donors (Lipinski definition) is 12. The van der Waals surface area contributed by atoms with E-state index in [9.17, 15) is 61.0 Å². The number of amides is 1. The molecule has 0 aliphatic carbocycles. The average Bonchev–Trinajstić information content (AvgIpc) is 3.61. The van der Waals surface area contributed by atoms with Crippen molar-refractivity contribution in [2.45, 2.75) is 369 Å². The number of nitrogens with one attached hydrogen (secondary N) is 1. The zero-order valence-corrected chi connectivity index (χ0v) is 52.2. The van der Waals surface area contributed by atoms with Gasteiger partial charge in [-0.25, -0.2) is 0 Å². The Morgan fingerprint density at radius 1 is 0.417 bits per heavy atom. The van der Waals surface area contributed by atoms with E-state index in [0.29, 0.717) is 6.42 Å². The minimum atomic E-state index is -1.97. The number of carbonyl (C=O) groups excluding carboxylic acids is 1. The van der Waals surface area contributed by atoms with E-state index in [-0.39, 0.29) is 18.9 Å². The first-order valence-corrected chi connectivity index (χ1v) is 33.9. The molecule has 12 N–H and O–H groups in total. The van der Waals surface area contributed by atoms with Crippen LogP contribution in [0.1, 0.15) is 264 Å². The third kappa shape index (κ3) is 30.8. The predicted octanol–water partition coefficient (Wildman–Crippen LogP) is 8.11. The lowest BCUT2D eigenvalue weighted by Gasteiger charge is -2.48. The monoisotopic (exact) mass is 1210 g/mol. The number of aliphatic hydroxyl groups excluding tert-OH is 11. The number of allylic oxidation sites excluding steroid dienone is 1. The van der Waals surface area contributed by atoms with Crippen LogP contribution in [0.5, 0.6) is 0 Å². The molecule has 19 nitrogen and oxygen atoms in total. The highest BCUT2D eigenvalue weighted by atomic mass is 16.8. The molecule has 3 heterocycles. The molecule has 496 valence electrons. The molecule has 0 aromatic rings. The van der Waals surface area contributed by atoms with Gasteiger partial charge in [-0.05, 0) is 19.3 Å². The minimum Gasteiger partial charge on any atom is -0.394 e. The van der Waals surface area contributed by atoms with Gasteiger partial charge in [-0.1, -0.05) is 251 Å². The van der Waals surface area contributed by atoms with Gasteiger partial charge < -0.3 is 89.9 Å². The van der Waals surface area contributed by atoms with Gasteiger partial charge in [-0.15, -0.1) is 0 Å². The molecule has 3 fully saturated rings. The lowest BCUT2D eigenvalue weighted by atomic mass is 9.96. The van der Waals surface area contributed by atoms with Crippen LogP contribution >= 0.6 is 0 Å². The van der Waals surface area contributed by atoms with Crippen LogP contribution < -0.4 is 5.32 Å². The minimum absolute atomic E-state index is 0.249. The molecule has 0 saturated carbocycles. The first-order valence-electron chi connectivity index (χ1n) is 33.9. The number of hydrogen-bond acceptors (Lipinski definition) is 18. The lowest BCUT2D eigenvalue weighted by Crippen LogP contribution is -2.66. The van der Waals surface area contributed by atoms with E-state index in [1.807, 2.05) is 6.08 Å². The van der Waals surface area contributed by atoms with Gasteiger partial charge in [0.2, 0.25) is 5.91 Å². The van der Waals surface area contributed by atoms with Gasteiger partial charge in [0.1, 0.15) is 73.2 Å². The highest BCUT2D eigenvalue weighted by Gasteiger charge is 2.53. The molecule has 3 aliphatic rings. The molecule has 19 heteroatoms. The number of aliphatic hydroxyl groups is 11. The van der Waals surface area contributed by atoms with E-state index in [1.54, 1.807) is 6.08 Å². The third-order valence-corrected chi connectivity index (χ3v) is 17.3. The standard InChI is InChI=1S/C65H123NO18/c1-3-5-7-9-11-13-15-16-17-18-19-20-21-22-23-24-25-26-27-28-29-30-31-33-35-37-39-41-43-53(71)66-48(49(70)42-40-38-36-34-32-14-12-10-8-6-4-2)47-79-63-59(77)56(74)61(51(45-68)81-63)84-65-60(78)57(75)62(52(46-69)82-65)83-64-58(76)55(73)54(72)50(44-67)80-64/h40,42,48-52,54-65,67-70,72-78H,3-39,41,43-47H2,1-2H3,(H,66,71)/b42-40+. The Morgan fingerprint density at radius 2 is 0.738 bits per heavy atom. The molecule has 17 unspecified atom stereocenters. The summed E-state index contributed by atoms with van der Waals surface area (Å²) in [5.41, 5.74) is 0. The van der Waals surface area contributed by atoms with Crippen LogP contribution in [0.15, 0.2) is 12.2 Å². The van der Waals surface area contributed by atoms with Crippen molar-refractivity contribution >= 4 is 5.91 Å². The topological polar surface area (TPSA) is 307 Å². The van der Waals surface area contributed by atoms with Crippen LogP contribution in [-0.2, 0) is 33.2 Å². The first-order chi connectivity index (χ1) is 40.8. The highest BCUT2D eigenvalue weighted by Crippen LogP contribution is 2.33. The quantitative estimate of drug-likeness (QED) is 0.0202. The van der Waals surface area contributed by atoms with Gasteiger partial charge in [0.15, 0.2) is 18.9 Å². The maximum absolute atomic E-state index is 13.4. The fraction of sp³-hybridized carbons (Fsp3) is 0.954. The molecular formula is C65H123NO18. The number of rotatable bonds is 52. The van der Waals surface area contributed by atoms with Crippen LogP contribution in [0, 0.1) is 0 Å². The van der Waals surface area contributed by atoms with E-state index in [2.05, 4.69) is 19.2 Å². The summed E-state index contributed by atoms with van der Waals surface area (Å²) in [6, 6.07) is -0.967. The zero-order valence-electron chi connectivity index (χ0n) is 52.2. The molecule has 0 radical (unpaired) electrons. The van der Waals surface area contributed by atoms with Gasteiger partial charge in [-0.3, -0.25) is 4.79 Å². The van der Waals surface area contributed by atoms with Gasteiger partial charge in [0.05, 0.1) is 38.6 Å². The summed E-state index contributed by atoms with van der Waals surface area (Å²) >= 11 is 0. The fourth-order valence-electron chi connectivity index (χ4n) is 11.8. The Labute approximate surface area is 506 Å². The maximum Gasteiger partial charge on any atom is 0.220 e. The van der Waals surface area contributed by atoms with Crippen LogP contribution in [0.2, 0.25) is 0 Å². The van der Waals surface area contributed by atoms with Crippen molar-refractivity contribution < 1.29 is 89.4 Å². The summed E-state index contributed by atoms with van der Waals surface area (Å²) in [5, 5.41) is 120. The van der Waals surface area contributed by atoms with Gasteiger partial charge in [0, 0.05) is 6.42 Å². The van der Waals surface area contributed by atoms with Crippen LogP contribution in [0.3, 0.4) is 0 Å². The molecule has 3 aliphatic heterocycles. The van der Waals surface area contributed by atoms with Crippen molar-refractivity contribution in [2.75, 3.05) is 26.4 Å². The van der Waals surface area contributed by atoms with E-state index in [4.69, 9.17) is 28.4 Å². The molecule has 0 spiro atoms. The van der Waals surface area contributed by atoms with E-state index in [1.165, 1.54) is 193 Å². The van der Waals surface area contributed by atoms with Crippen LogP contribution in [0.25, 0.3) is 0 Å². The molecule has 84 heavy (non-hydrogen) atoms. The predicted molar refractivity (Wildman–Crippen MR) is 323 cm³/mol. The Hall–Kier alpha value is -1.47. The second-order valence-corrected chi connectivity index (χ2v) is 24.7. The fourth-order valence-corrected chi connectivity index (χ4v) is 11.8. The van der Waals surface area contributed by atoms with Crippen molar-refractivity contribution in [3.8, 4) is 0 Å². The SMILES string of the molecule is CCCCCCCCCCC/C=C/C(O)C(COC1OC(CO)C(OC2OC(CO)C(OC3OC(CO)C(O)C(O)C3O)C(O)C2O)C(O)C1O)NC(=O)CCCCCCCCCCCCCCCCCCCCCCCCCCCCCC. The number of carbonyl (C=O) groups is 1. The molecule has 17 atom stereocenters. The third-order valence-electron chi connectivity index (χ3n) is 17.3. The average molecular weight is 1210 g/mol. The summed E-state index contributed by atoms with van der Waals surface area (Å²) in [5.74, 6) is -0.271. The number of ether oxygens (including phenoxy) is 6. The summed E-state index contributed by atoms with van der Waals surface area (Å²) in [7, 11) is 0. The summed E-state index contributed by atoms with van der Waals surface area (Å²) in [6.07, 6.45) is 25.1. The summed E-state index contributed by atoms with van der Waals surface area (Å²) in [6.45, 7) is 1.73. The van der Waals surface area contributed by atoms with Crippen molar-refractivity contribution in [1.82, 2.24) is 5.32 Å². The molecule has 3 rings (SSSR count). The largest absolute Gasteiger partial charge is 0.394 e. The Balaban J connectivity index is 1.38. The molecule has 0 aromatic carbocycles. The second-order valence-electron chi connectivity index (χ2n) is 24.7. The van der Waals surface area contributed by atoms with Crippen molar-refractivity contribution in [3.05, 3.63) is 12.2 Å². The molecule has 3 saturated heterocycles. The Kier molecular flexibility index (Phi) is 44.2. The normalized spacial score (nSPS) is 29.2. The van der Waals surface area contributed by atoms with Crippen molar-refractivity contribution in [2.24, 2.45) is 0 Å². The van der Waals surface area contributed by atoms with Crippen LogP contribution in [0.4, 0.5) is 0 Å². The molecule has 0 bridgehead atoms. The maximum atomic E-state index is 13.4. The molecule has 0 aromatic heterocycles. The van der Waals surface area contributed by atoms with E-state index >= 15 is 0 Å². The van der Waals surface area contributed by atoms with Gasteiger partial charge in [0.25, 0.3) is 0 Å². The van der Waals surface area contributed by atoms with Crippen molar-refractivity contribution in [3.63, 3.8) is 0 Å². The number of unbranched alkanes of at least 4 members (excludes halogenated alkanes) is 36. The Bertz CT molecular complexity index is 1580. The first kappa shape index (κ1) is 76.8. The molecule has 1 amide bonds. The highest BCUT2D eigenvalue weighted by molar-refractivity contribution is 5.76. The smallest absolute Gasteiger partial charge is 0.220 e. The second kappa shape index (κ2) is 48.4. The van der Waals surface area contributed by atoms with Gasteiger partial charge >= 0.3 is 0 Å². The van der Waals surface area contributed by atoms with E-state index in [0.717, 1.165) is 44.9 Å². The van der Waals surface area contributed by atoms with Gasteiger partial charge in [-0.2, -0.15) is 0 Å². The summed E-state index contributed by atoms with van der Waals surface area (Å²) in [4.78, 5) is 13.4. The lowest BCUT2D eigenvalue weighted by molar-refractivity contribution is -0.379. The summed E-state index contributed by atoms with van der Waals surface area (Å²) < 4.78 is 34.3. The Morgan fingerprint density at radius 3 is 1.12 bits per heavy atom.